The molecule has 2 aromatic heterocycles. The van der Waals surface area contributed by atoms with Crippen LogP contribution in [0.4, 0.5) is 37.7 Å². The lowest BCUT2D eigenvalue weighted by Gasteiger charge is -2.37. The minimum atomic E-state index is -2.58. The smallest absolute Gasteiger partial charge is 0.335 e. The standard InChI is InChI=1S/C32H35F3N4O7.C31H33F3N4O7/c1-18-12-21(38-9-11-46-16-22(38)15-27(34)35)14-24(33)28(18)29(40)36-25(31(42)44-3)13-19-4-6-20(7-5-19)39-30(41)23-17-45-10-8-26(23)37(2)32(39)43;1-17-11-20(37-8-10-45-15-21(37)14-26(33)34)13-23(32)27(17)28(39)35-24(30(41)42)12-18-3-5-19(6-4-18)38-29(40)22-16-44-9-7-25(22)36(2)31(38)43/h4-7,12,14,22,25,27H,8-11,13,15-17H2,1-3H3,(H,36,40);3-6,11,13,21,24,26H,7-10,12,14-16H2,1-2H3,(H,35,39)(H,41,42)/t22-,25-;21-,24-/m00/s1. The van der Waals surface area contributed by atoms with Crippen LogP contribution < -0.4 is 42.9 Å². The zero-order valence-electron chi connectivity index (χ0n) is 50.4. The van der Waals surface area contributed by atoms with Gasteiger partial charge in [-0.3, -0.25) is 28.3 Å². The molecular weight excluding hydrogens is 1210 g/mol. The summed E-state index contributed by atoms with van der Waals surface area (Å²) in [6, 6.07) is 13.7. The molecule has 6 aromatic rings. The number of hydrogen-bond donors (Lipinski definition) is 3. The number of carboxylic acids is 1. The van der Waals surface area contributed by atoms with Crippen molar-refractivity contribution in [2.75, 3.05) is 69.6 Å². The van der Waals surface area contributed by atoms with E-state index in [1.807, 2.05) is 0 Å². The summed E-state index contributed by atoms with van der Waals surface area (Å²) in [4.78, 5) is 107. The molecule has 22 nitrogen and oxygen atoms in total. The van der Waals surface area contributed by atoms with Gasteiger partial charge in [-0.1, -0.05) is 24.3 Å². The molecule has 2 saturated heterocycles. The monoisotopic (exact) mass is 1270 g/mol. The summed E-state index contributed by atoms with van der Waals surface area (Å²) >= 11 is 0. The molecule has 0 spiro atoms. The van der Waals surface area contributed by atoms with E-state index in [1.165, 1.54) is 53.3 Å². The third-order valence-electron chi connectivity index (χ3n) is 16.5. The first-order valence-electron chi connectivity index (χ1n) is 29.2. The molecule has 10 rings (SSSR count). The Morgan fingerprint density at radius 1 is 0.582 bits per heavy atom. The molecule has 0 aliphatic carbocycles. The zero-order valence-corrected chi connectivity index (χ0v) is 50.4. The number of carboxylic acid groups (broad SMARTS) is 1. The fraction of sp³-hybridized carbons (Fsp3) is 0.429. The molecule has 0 unspecified atom stereocenters. The Balaban J connectivity index is 0.000000215. The number of nitrogens with one attached hydrogen (secondary N) is 2. The van der Waals surface area contributed by atoms with Gasteiger partial charge in [0.1, 0.15) is 23.7 Å². The number of amides is 2. The molecule has 3 N–H and O–H groups in total. The number of esters is 1. The number of aryl methyl sites for hydroxylation is 2. The number of nitrogens with zero attached hydrogens (tertiary/aromatic N) is 6. The van der Waals surface area contributed by atoms with E-state index < -0.39 is 108 Å². The van der Waals surface area contributed by atoms with Crippen molar-refractivity contribution in [2.24, 2.45) is 14.1 Å². The number of alkyl halides is 4. The summed E-state index contributed by atoms with van der Waals surface area (Å²) in [5, 5.41) is 14.8. The minimum Gasteiger partial charge on any atom is -0.480 e. The van der Waals surface area contributed by atoms with E-state index in [2.05, 4.69) is 10.6 Å². The van der Waals surface area contributed by atoms with Crippen LogP contribution in [0.2, 0.25) is 0 Å². The van der Waals surface area contributed by atoms with Crippen molar-refractivity contribution in [1.29, 1.82) is 0 Å². The number of anilines is 2. The summed E-state index contributed by atoms with van der Waals surface area (Å²) in [5.41, 5.74) is 2.23. The van der Waals surface area contributed by atoms with E-state index in [-0.39, 0.29) is 86.9 Å². The molecule has 0 radical (unpaired) electrons. The number of benzene rings is 4. The number of ether oxygens (including phenoxy) is 5. The minimum absolute atomic E-state index is 0.0362. The Hall–Kier alpha value is -8.86. The van der Waals surface area contributed by atoms with Gasteiger partial charge in [0, 0.05) is 88.5 Å². The van der Waals surface area contributed by atoms with Crippen molar-refractivity contribution in [2.45, 2.75) is 103 Å². The fourth-order valence-electron chi connectivity index (χ4n) is 11.9. The number of carbonyl (C=O) groups excluding carboxylic acids is 3. The second-order valence-electron chi connectivity index (χ2n) is 22.4. The quantitative estimate of drug-likeness (QED) is 0.0774. The summed E-state index contributed by atoms with van der Waals surface area (Å²) in [6.45, 7) is 5.30. The van der Waals surface area contributed by atoms with Gasteiger partial charge in [0.05, 0.1) is 106 Å². The summed E-state index contributed by atoms with van der Waals surface area (Å²) < 4.78 is 114. The molecule has 4 atom stereocenters. The van der Waals surface area contributed by atoms with Crippen molar-refractivity contribution in [3.05, 3.63) is 182 Å². The van der Waals surface area contributed by atoms with Crippen molar-refractivity contribution >= 4 is 35.1 Å². The van der Waals surface area contributed by atoms with Crippen LogP contribution in [0.1, 0.15) is 78.3 Å². The maximum absolute atomic E-state index is 15.4. The Morgan fingerprint density at radius 3 is 1.35 bits per heavy atom. The lowest BCUT2D eigenvalue weighted by Crippen LogP contribution is -2.46. The highest BCUT2D eigenvalue weighted by Gasteiger charge is 2.33. The number of hydrogen-bond acceptors (Lipinski definition) is 15. The van der Waals surface area contributed by atoms with Crippen LogP contribution in [0, 0.1) is 25.5 Å². The maximum atomic E-state index is 15.4. The number of carbonyl (C=O) groups is 4. The van der Waals surface area contributed by atoms with Gasteiger partial charge in [-0.05, 0) is 84.6 Å². The van der Waals surface area contributed by atoms with Crippen molar-refractivity contribution in [3.8, 4) is 11.4 Å². The molecule has 2 fully saturated rings. The highest BCUT2D eigenvalue weighted by molar-refractivity contribution is 5.99. The van der Waals surface area contributed by atoms with Gasteiger partial charge in [0.2, 0.25) is 12.9 Å². The molecular formula is C63H68F6N8O14. The average Bonchev–Trinajstić information content (AvgIpc) is 0.822. The van der Waals surface area contributed by atoms with Crippen molar-refractivity contribution in [1.82, 2.24) is 28.9 Å². The predicted octanol–water partition coefficient (Wildman–Crippen LogP) is 4.77. The van der Waals surface area contributed by atoms with Crippen molar-refractivity contribution < 1.29 is 74.3 Å². The molecule has 486 valence electrons. The lowest BCUT2D eigenvalue weighted by molar-refractivity contribution is -0.143. The molecule has 91 heavy (non-hydrogen) atoms. The summed E-state index contributed by atoms with van der Waals surface area (Å²) in [5.74, 6) is -5.71. The van der Waals surface area contributed by atoms with Gasteiger partial charge in [-0.25, -0.2) is 54.7 Å². The van der Waals surface area contributed by atoms with Gasteiger partial charge >= 0.3 is 23.3 Å². The number of aliphatic carboxylic acids is 1. The lowest BCUT2D eigenvalue weighted by atomic mass is 10.0. The van der Waals surface area contributed by atoms with E-state index in [9.17, 15) is 61.0 Å². The number of morpholine rings is 2. The van der Waals surface area contributed by atoms with Crippen LogP contribution in [0.15, 0.2) is 92.0 Å². The maximum Gasteiger partial charge on any atom is 0.335 e. The first-order chi connectivity index (χ1) is 43.4. The third-order valence-corrected chi connectivity index (χ3v) is 16.5. The largest absolute Gasteiger partial charge is 0.480 e. The van der Waals surface area contributed by atoms with E-state index in [0.717, 1.165) is 28.4 Å². The van der Waals surface area contributed by atoms with E-state index in [4.69, 9.17) is 23.7 Å². The number of aromatic nitrogens is 4. The van der Waals surface area contributed by atoms with Crippen LogP contribution >= 0.6 is 0 Å². The van der Waals surface area contributed by atoms with E-state index in [0.29, 0.717) is 83.4 Å². The highest BCUT2D eigenvalue weighted by atomic mass is 19.3. The van der Waals surface area contributed by atoms with Gasteiger partial charge in [-0.15, -0.1) is 0 Å². The normalized spacial score (nSPS) is 17.1. The van der Waals surface area contributed by atoms with E-state index >= 15 is 8.78 Å². The number of rotatable bonds is 18. The Kier molecular flexibility index (Phi) is 21.2. The Morgan fingerprint density at radius 2 is 0.978 bits per heavy atom. The first kappa shape index (κ1) is 66.6. The molecule has 0 bridgehead atoms. The van der Waals surface area contributed by atoms with Crippen LogP contribution in [0.3, 0.4) is 0 Å². The van der Waals surface area contributed by atoms with Crippen molar-refractivity contribution in [3.63, 3.8) is 0 Å². The predicted molar refractivity (Wildman–Crippen MR) is 318 cm³/mol. The Bertz CT molecular complexity index is 3920. The third kappa shape index (κ3) is 14.8. The topological polar surface area (TPSA) is 253 Å². The molecule has 6 heterocycles. The number of halogens is 6. The second kappa shape index (κ2) is 29.0. The summed E-state index contributed by atoms with van der Waals surface area (Å²) in [7, 11) is 4.35. The van der Waals surface area contributed by atoms with Crippen LogP contribution in [-0.4, -0.2) is 144 Å². The van der Waals surface area contributed by atoms with Crippen LogP contribution in [0.5, 0.6) is 0 Å². The van der Waals surface area contributed by atoms with Gasteiger partial charge in [-0.2, -0.15) is 0 Å². The number of fused-ring (bicyclic) bond motifs is 2. The summed E-state index contributed by atoms with van der Waals surface area (Å²) in [6.07, 6.45) is -5.35. The van der Waals surface area contributed by atoms with Crippen LogP contribution in [-0.2, 0) is 86.3 Å². The Labute approximate surface area is 516 Å². The number of methoxy groups -OCH3 is 1. The molecule has 0 saturated carbocycles. The molecule has 2 amide bonds. The van der Waals surface area contributed by atoms with Crippen LogP contribution in [0.25, 0.3) is 11.4 Å². The van der Waals surface area contributed by atoms with E-state index in [1.54, 1.807) is 54.2 Å². The molecule has 28 heteroatoms. The fourth-order valence-corrected chi connectivity index (χ4v) is 11.9. The van der Waals surface area contributed by atoms with Gasteiger partial charge in [0.15, 0.2) is 0 Å². The molecule has 4 aromatic carbocycles. The second-order valence-corrected chi connectivity index (χ2v) is 22.4. The SMILES string of the molecule is COC(=O)[C@H](Cc1ccc(-n2c(=O)c3c(n(C)c2=O)CCOC3)cc1)NC(=O)c1c(C)cc(N2CCOC[C@@H]2CC(F)F)cc1F.Cc1cc(N2CCOC[C@@H]2CC(F)F)cc(F)c1C(=O)N[C@@H](Cc1ccc(-n2c(=O)c3c(n(C)c2=O)CCOC3)cc1)C(=O)O. The first-order valence-corrected chi connectivity index (χ1v) is 29.2. The zero-order chi connectivity index (χ0) is 65.5. The average molecular weight is 1280 g/mol. The van der Waals surface area contributed by atoms with Gasteiger partial charge < -0.3 is 49.2 Å². The van der Waals surface area contributed by atoms with Gasteiger partial charge in [0.25, 0.3) is 22.9 Å². The molecule has 4 aliphatic rings. The highest BCUT2D eigenvalue weighted by Crippen LogP contribution is 2.30. The molecule has 4 aliphatic heterocycles.